The average Bonchev–Trinajstić information content (AvgIpc) is 2.13. The van der Waals surface area contributed by atoms with Gasteiger partial charge in [-0.15, -0.1) is 0 Å². The third-order valence-corrected chi connectivity index (χ3v) is 1.79. The first-order chi connectivity index (χ1) is 6.25. The highest BCUT2D eigenvalue weighted by Gasteiger charge is 2.04. The minimum absolute atomic E-state index is 0.275. The molecule has 1 heterocycles. The van der Waals surface area contributed by atoms with E-state index >= 15 is 0 Å². The Hall–Kier alpha value is -1.07. The number of nitrogens with one attached hydrogen (secondary N) is 1. The van der Waals surface area contributed by atoms with E-state index in [1.807, 2.05) is 0 Å². The third-order valence-electron chi connectivity index (χ3n) is 1.42. The van der Waals surface area contributed by atoms with E-state index in [1.54, 1.807) is 7.11 Å². The summed E-state index contributed by atoms with van der Waals surface area (Å²) in [5.41, 5.74) is 5.47. The van der Waals surface area contributed by atoms with E-state index in [2.05, 4.69) is 15.3 Å². The van der Waals surface area contributed by atoms with E-state index in [9.17, 15) is 0 Å². The fraction of sp³-hybridized carbons (Fsp3) is 0.429. The van der Waals surface area contributed by atoms with Crippen molar-refractivity contribution >= 4 is 23.2 Å². The third kappa shape index (κ3) is 2.71. The van der Waals surface area contributed by atoms with Crippen LogP contribution in [-0.2, 0) is 4.74 Å². The van der Waals surface area contributed by atoms with Gasteiger partial charge >= 0.3 is 0 Å². The minimum atomic E-state index is 0.275. The SMILES string of the molecule is COCCNc1ncnc(N)c1Cl. The molecule has 0 aliphatic heterocycles. The summed E-state index contributed by atoms with van der Waals surface area (Å²) >= 11 is 5.82. The van der Waals surface area contributed by atoms with Crippen molar-refractivity contribution < 1.29 is 4.74 Å². The van der Waals surface area contributed by atoms with Gasteiger partial charge in [-0.3, -0.25) is 0 Å². The van der Waals surface area contributed by atoms with Crippen molar-refractivity contribution in [1.29, 1.82) is 0 Å². The molecular formula is C7H11ClN4O. The zero-order chi connectivity index (χ0) is 9.68. The molecule has 0 saturated heterocycles. The summed E-state index contributed by atoms with van der Waals surface area (Å²) in [6.45, 7) is 1.22. The summed E-state index contributed by atoms with van der Waals surface area (Å²) in [4.78, 5) is 7.65. The van der Waals surface area contributed by atoms with E-state index in [0.29, 0.717) is 24.0 Å². The van der Waals surface area contributed by atoms with Gasteiger partial charge in [-0.25, -0.2) is 9.97 Å². The standard InChI is InChI=1S/C7H11ClN4O/c1-13-3-2-10-7-5(8)6(9)11-4-12-7/h4H,2-3H2,1H3,(H3,9,10,11,12). The Balaban J connectivity index is 2.61. The summed E-state index contributed by atoms with van der Waals surface area (Å²) < 4.78 is 4.85. The molecule has 3 N–H and O–H groups in total. The van der Waals surface area contributed by atoms with Crippen molar-refractivity contribution in [3.63, 3.8) is 0 Å². The molecule has 13 heavy (non-hydrogen) atoms. The second-order valence-corrected chi connectivity index (χ2v) is 2.72. The Morgan fingerprint density at radius 2 is 2.38 bits per heavy atom. The Morgan fingerprint density at radius 1 is 1.62 bits per heavy atom. The minimum Gasteiger partial charge on any atom is -0.383 e. The summed E-state index contributed by atoms with van der Waals surface area (Å²) in [6.07, 6.45) is 1.36. The van der Waals surface area contributed by atoms with Gasteiger partial charge in [-0.05, 0) is 0 Å². The first-order valence-electron chi connectivity index (χ1n) is 3.74. The van der Waals surface area contributed by atoms with Crippen LogP contribution in [0.4, 0.5) is 11.6 Å². The number of ether oxygens (including phenoxy) is 1. The van der Waals surface area contributed by atoms with Crippen LogP contribution in [0.1, 0.15) is 0 Å². The van der Waals surface area contributed by atoms with Gasteiger partial charge in [-0.1, -0.05) is 11.6 Å². The predicted molar refractivity (Wildman–Crippen MR) is 51.8 cm³/mol. The molecule has 1 aromatic heterocycles. The molecule has 0 atom stereocenters. The molecule has 6 heteroatoms. The average molecular weight is 203 g/mol. The van der Waals surface area contributed by atoms with E-state index < -0.39 is 0 Å². The molecule has 0 amide bonds. The van der Waals surface area contributed by atoms with Gasteiger partial charge in [0.05, 0.1) is 6.61 Å². The maximum absolute atomic E-state index is 5.82. The Bertz CT molecular complexity index is 281. The molecule has 0 aromatic carbocycles. The zero-order valence-electron chi connectivity index (χ0n) is 7.25. The van der Waals surface area contributed by atoms with Crippen molar-refractivity contribution in [3.8, 4) is 0 Å². The molecule has 0 saturated carbocycles. The fourth-order valence-corrected chi connectivity index (χ4v) is 0.943. The van der Waals surface area contributed by atoms with Crippen LogP contribution < -0.4 is 11.1 Å². The molecule has 1 aromatic rings. The summed E-state index contributed by atoms with van der Waals surface area (Å²) in [6, 6.07) is 0. The van der Waals surface area contributed by atoms with Crippen LogP contribution in [0.2, 0.25) is 5.02 Å². The molecule has 0 aliphatic rings. The molecule has 0 fully saturated rings. The highest BCUT2D eigenvalue weighted by Crippen LogP contribution is 2.22. The van der Waals surface area contributed by atoms with E-state index in [4.69, 9.17) is 22.1 Å². The van der Waals surface area contributed by atoms with Crippen LogP contribution in [0.3, 0.4) is 0 Å². The topological polar surface area (TPSA) is 73.1 Å². The second kappa shape index (κ2) is 4.84. The maximum Gasteiger partial charge on any atom is 0.150 e. The largest absolute Gasteiger partial charge is 0.383 e. The van der Waals surface area contributed by atoms with Gasteiger partial charge in [0.2, 0.25) is 0 Å². The normalized spacial score (nSPS) is 10.0. The Morgan fingerprint density at radius 3 is 3.08 bits per heavy atom. The van der Waals surface area contributed by atoms with Crippen LogP contribution in [0.5, 0.6) is 0 Å². The van der Waals surface area contributed by atoms with Crippen LogP contribution in [-0.4, -0.2) is 30.2 Å². The number of nitrogens with two attached hydrogens (primary N) is 1. The number of hydrogen-bond acceptors (Lipinski definition) is 5. The van der Waals surface area contributed by atoms with Gasteiger partial charge in [0.15, 0.2) is 5.82 Å². The lowest BCUT2D eigenvalue weighted by atomic mass is 10.5. The zero-order valence-corrected chi connectivity index (χ0v) is 8.01. The molecular weight excluding hydrogens is 192 g/mol. The molecule has 0 bridgehead atoms. The number of nitrogens with zero attached hydrogens (tertiary/aromatic N) is 2. The predicted octanol–water partition coefficient (Wildman–Crippen LogP) is 0.771. The number of hydrogen-bond donors (Lipinski definition) is 2. The van der Waals surface area contributed by atoms with Crippen LogP contribution in [0.15, 0.2) is 6.33 Å². The fourth-order valence-electron chi connectivity index (χ4n) is 0.778. The van der Waals surface area contributed by atoms with Crippen LogP contribution in [0.25, 0.3) is 0 Å². The van der Waals surface area contributed by atoms with Gasteiger partial charge in [-0.2, -0.15) is 0 Å². The van der Waals surface area contributed by atoms with Gasteiger partial charge in [0.1, 0.15) is 17.2 Å². The lowest BCUT2D eigenvalue weighted by molar-refractivity contribution is 0.210. The first kappa shape index (κ1) is 10.0. The number of rotatable bonds is 4. The molecule has 0 aliphatic carbocycles. The number of halogens is 1. The monoisotopic (exact) mass is 202 g/mol. The molecule has 1 rings (SSSR count). The lowest BCUT2D eigenvalue weighted by Gasteiger charge is -2.06. The highest BCUT2D eigenvalue weighted by atomic mass is 35.5. The summed E-state index contributed by atoms with van der Waals surface area (Å²) in [5, 5.41) is 3.31. The van der Waals surface area contributed by atoms with Gasteiger partial charge in [0.25, 0.3) is 0 Å². The molecule has 5 nitrogen and oxygen atoms in total. The van der Waals surface area contributed by atoms with Crippen molar-refractivity contribution in [2.24, 2.45) is 0 Å². The summed E-state index contributed by atoms with van der Waals surface area (Å²) in [7, 11) is 1.62. The van der Waals surface area contributed by atoms with E-state index in [0.717, 1.165) is 0 Å². The summed E-state index contributed by atoms with van der Waals surface area (Å²) in [5.74, 6) is 0.808. The van der Waals surface area contributed by atoms with Crippen molar-refractivity contribution in [3.05, 3.63) is 11.3 Å². The molecule has 0 spiro atoms. The van der Waals surface area contributed by atoms with E-state index in [1.165, 1.54) is 6.33 Å². The Labute approximate surface area is 81.3 Å². The Kier molecular flexibility index (Phi) is 3.72. The van der Waals surface area contributed by atoms with Gasteiger partial charge < -0.3 is 15.8 Å². The highest BCUT2D eigenvalue weighted by molar-refractivity contribution is 6.35. The number of anilines is 2. The van der Waals surface area contributed by atoms with Crippen molar-refractivity contribution in [2.45, 2.75) is 0 Å². The van der Waals surface area contributed by atoms with E-state index in [-0.39, 0.29) is 5.82 Å². The number of methoxy groups -OCH3 is 1. The quantitative estimate of drug-likeness (QED) is 0.706. The number of aromatic nitrogens is 2. The molecule has 72 valence electrons. The van der Waals surface area contributed by atoms with Crippen molar-refractivity contribution in [1.82, 2.24) is 9.97 Å². The molecule has 0 radical (unpaired) electrons. The molecule has 0 unspecified atom stereocenters. The van der Waals surface area contributed by atoms with Crippen LogP contribution >= 0.6 is 11.6 Å². The smallest absolute Gasteiger partial charge is 0.150 e. The number of nitrogen functional groups attached to an aromatic ring is 1. The van der Waals surface area contributed by atoms with Crippen LogP contribution in [0, 0.1) is 0 Å². The van der Waals surface area contributed by atoms with Gasteiger partial charge in [0, 0.05) is 13.7 Å². The lowest BCUT2D eigenvalue weighted by Crippen LogP contribution is -2.10. The first-order valence-corrected chi connectivity index (χ1v) is 4.12. The second-order valence-electron chi connectivity index (χ2n) is 2.34. The van der Waals surface area contributed by atoms with Crippen molar-refractivity contribution in [2.75, 3.05) is 31.3 Å². The maximum atomic E-state index is 5.82.